The van der Waals surface area contributed by atoms with Crippen molar-refractivity contribution in [3.8, 4) is 11.5 Å². The number of pyridine rings is 1. The number of hydrogen-bond acceptors (Lipinski definition) is 5. The van der Waals surface area contributed by atoms with Crippen molar-refractivity contribution in [1.82, 2.24) is 9.97 Å². The van der Waals surface area contributed by atoms with E-state index < -0.39 is 0 Å². The molecule has 0 aliphatic heterocycles. The molecule has 2 heterocycles. The number of nitrogens with zero attached hydrogens (tertiary/aromatic N) is 3. The van der Waals surface area contributed by atoms with Gasteiger partial charge in [-0.2, -0.15) is 0 Å². The fourth-order valence-electron chi connectivity index (χ4n) is 3.74. The molecule has 0 radical (unpaired) electrons. The SMILES string of the molecule is Cc1cc(C(CC(c2ccc(-c3ncco3)cc2)c2ccccc2C)=NO)ccn1. The standard InChI is InChI=1S/C25H23N3O2/c1-17-5-3-4-6-22(17)23(16-24(28-29)21-11-12-26-18(2)15-21)19-7-9-20(10-8-19)25-27-13-14-30-25/h3-15,23,29H,16H2,1-2H3. The van der Waals surface area contributed by atoms with Gasteiger partial charge in [0, 0.05) is 35.4 Å². The third-order valence-corrected chi connectivity index (χ3v) is 5.30. The van der Waals surface area contributed by atoms with Crippen molar-refractivity contribution >= 4 is 5.71 Å². The molecule has 0 aliphatic rings. The minimum absolute atomic E-state index is 0.0316. The maximum absolute atomic E-state index is 9.80. The molecule has 1 N–H and O–H groups in total. The molecule has 1 atom stereocenters. The van der Waals surface area contributed by atoms with Crippen LogP contribution in [0.5, 0.6) is 0 Å². The summed E-state index contributed by atoms with van der Waals surface area (Å²) in [6, 6.07) is 20.3. The fourth-order valence-corrected chi connectivity index (χ4v) is 3.74. The summed E-state index contributed by atoms with van der Waals surface area (Å²) in [5.41, 5.74) is 6.84. The van der Waals surface area contributed by atoms with Gasteiger partial charge in [-0.15, -0.1) is 0 Å². The molecule has 150 valence electrons. The predicted molar refractivity (Wildman–Crippen MR) is 117 cm³/mol. The molecule has 0 spiro atoms. The van der Waals surface area contributed by atoms with Crippen LogP contribution in [0.2, 0.25) is 0 Å². The molecule has 1 unspecified atom stereocenters. The fraction of sp³-hybridized carbons (Fsp3) is 0.160. The molecule has 0 saturated carbocycles. The van der Waals surface area contributed by atoms with Gasteiger partial charge in [-0.3, -0.25) is 4.98 Å². The summed E-state index contributed by atoms with van der Waals surface area (Å²) in [6.07, 6.45) is 5.51. The second-order valence-electron chi connectivity index (χ2n) is 7.31. The van der Waals surface area contributed by atoms with E-state index in [4.69, 9.17) is 4.42 Å². The molecule has 2 aromatic heterocycles. The lowest BCUT2D eigenvalue weighted by Crippen LogP contribution is -2.12. The molecule has 0 amide bonds. The molecule has 0 aliphatic carbocycles. The normalized spacial score (nSPS) is 12.7. The summed E-state index contributed by atoms with van der Waals surface area (Å²) in [7, 11) is 0. The highest BCUT2D eigenvalue weighted by molar-refractivity contribution is 6.01. The number of oxazole rings is 1. The molecule has 0 saturated heterocycles. The molecule has 0 fully saturated rings. The van der Waals surface area contributed by atoms with Crippen LogP contribution in [-0.2, 0) is 0 Å². The van der Waals surface area contributed by atoms with Gasteiger partial charge >= 0.3 is 0 Å². The highest BCUT2D eigenvalue weighted by atomic mass is 16.4. The largest absolute Gasteiger partial charge is 0.445 e. The Bertz CT molecular complexity index is 1150. The van der Waals surface area contributed by atoms with Crippen LogP contribution in [0.25, 0.3) is 11.5 Å². The second-order valence-corrected chi connectivity index (χ2v) is 7.31. The van der Waals surface area contributed by atoms with Crippen molar-refractivity contribution in [3.63, 3.8) is 0 Å². The third-order valence-electron chi connectivity index (χ3n) is 5.30. The first-order valence-corrected chi connectivity index (χ1v) is 9.85. The van der Waals surface area contributed by atoms with E-state index in [2.05, 4.69) is 46.3 Å². The van der Waals surface area contributed by atoms with Gasteiger partial charge in [0.1, 0.15) is 6.26 Å². The molecule has 5 nitrogen and oxygen atoms in total. The van der Waals surface area contributed by atoms with E-state index in [1.165, 1.54) is 11.1 Å². The number of aromatic nitrogens is 2. The lowest BCUT2D eigenvalue weighted by atomic mass is 9.83. The van der Waals surface area contributed by atoms with Crippen molar-refractivity contribution in [2.45, 2.75) is 26.2 Å². The topological polar surface area (TPSA) is 71.5 Å². The molecule has 30 heavy (non-hydrogen) atoms. The van der Waals surface area contributed by atoms with E-state index in [1.54, 1.807) is 18.7 Å². The zero-order valence-corrected chi connectivity index (χ0v) is 17.0. The van der Waals surface area contributed by atoms with E-state index in [1.807, 2.05) is 43.3 Å². The maximum atomic E-state index is 9.80. The highest BCUT2D eigenvalue weighted by Crippen LogP contribution is 2.33. The van der Waals surface area contributed by atoms with E-state index in [-0.39, 0.29) is 5.92 Å². The molecule has 4 rings (SSSR count). The Morgan fingerprint density at radius 2 is 1.80 bits per heavy atom. The number of benzene rings is 2. The van der Waals surface area contributed by atoms with Crippen LogP contribution >= 0.6 is 0 Å². The third kappa shape index (κ3) is 4.15. The first kappa shape index (κ1) is 19.6. The van der Waals surface area contributed by atoms with Crippen molar-refractivity contribution in [2.24, 2.45) is 5.16 Å². The predicted octanol–water partition coefficient (Wildman–Crippen LogP) is 5.75. The number of oxime groups is 1. The minimum Gasteiger partial charge on any atom is -0.445 e. The first-order chi connectivity index (χ1) is 14.7. The monoisotopic (exact) mass is 397 g/mol. The van der Waals surface area contributed by atoms with E-state index >= 15 is 0 Å². The Morgan fingerprint density at radius 1 is 1.00 bits per heavy atom. The quantitative estimate of drug-likeness (QED) is 0.255. The average Bonchev–Trinajstić information content (AvgIpc) is 3.31. The van der Waals surface area contributed by atoms with Crippen molar-refractivity contribution in [1.29, 1.82) is 0 Å². The van der Waals surface area contributed by atoms with Gasteiger partial charge in [0.05, 0.1) is 11.9 Å². The first-order valence-electron chi connectivity index (χ1n) is 9.85. The molecule has 2 aromatic carbocycles. The number of aryl methyl sites for hydroxylation is 2. The van der Waals surface area contributed by atoms with Gasteiger partial charge in [0.15, 0.2) is 0 Å². The van der Waals surface area contributed by atoms with Gasteiger partial charge < -0.3 is 9.62 Å². The lowest BCUT2D eigenvalue weighted by Gasteiger charge is -2.21. The lowest BCUT2D eigenvalue weighted by molar-refractivity contribution is 0.317. The van der Waals surface area contributed by atoms with Crippen LogP contribution < -0.4 is 0 Å². The number of rotatable bonds is 6. The van der Waals surface area contributed by atoms with Gasteiger partial charge in [-0.25, -0.2) is 4.98 Å². The van der Waals surface area contributed by atoms with Gasteiger partial charge in [0.2, 0.25) is 5.89 Å². The summed E-state index contributed by atoms with van der Waals surface area (Å²) < 4.78 is 5.41. The Labute approximate surface area is 175 Å². The minimum atomic E-state index is 0.0316. The van der Waals surface area contributed by atoms with Crippen molar-refractivity contribution < 1.29 is 9.62 Å². The summed E-state index contributed by atoms with van der Waals surface area (Å²) in [5, 5.41) is 13.4. The summed E-state index contributed by atoms with van der Waals surface area (Å²) >= 11 is 0. The van der Waals surface area contributed by atoms with Crippen LogP contribution in [-0.4, -0.2) is 20.9 Å². The summed E-state index contributed by atoms with van der Waals surface area (Å²) in [5.74, 6) is 0.628. The van der Waals surface area contributed by atoms with Crippen LogP contribution in [0.15, 0.2) is 88.9 Å². The Balaban J connectivity index is 1.73. The van der Waals surface area contributed by atoms with E-state index in [0.717, 1.165) is 22.4 Å². The molecular weight excluding hydrogens is 374 g/mol. The molecular formula is C25H23N3O2. The average molecular weight is 397 g/mol. The smallest absolute Gasteiger partial charge is 0.225 e. The highest BCUT2D eigenvalue weighted by Gasteiger charge is 2.20. The van der Waals surface area contributed by atoms with Crippen LogP contribution in [0, 0.1) is 13.8 Å². The number of hydrogen-bond donors (Lipinski definition) is 1. The zero-order chi connectivity index (χ0) is 20.9. The van der Waals surface area contributed by atoms with Crippen LogP contribution in [0.3, 0.4) is 0 Å². The second kappa shape index (κ2) is 8.74. The van der Waals surface area contributed by atoms with Gasteiger partial charge in [0.25, 0.3) is 0 Å². The molecule has 4 aromatic rings. The zero-order valence-electron chi connectivity index (χ0n) is 17.0. The van der Waals surface area contributed by atoms with Gasteiger partial charge in [-0.05, 0) is 54.8 Å². The van der Waals surface area contributed by atoms with Crippen LogP contribution in [0.4, 0.5) is 0 Å². The Hall–Kier alpha value is -3.73. The van der Waals surface area contributed by atoms with Crippen molar-refractivity contribution in [3.05, 3.63) is 107 Å². The Morgan fingerprint density at radius 3 is 2.47 bits per heavy atom. The van der Waals surface area contributed by atoms with E-state index in [0.29, 0.717) is 18.0 Å². The van der Waals surface area contributed by atoms with Gasteiger partial charge in [-0.1, -0.05) is 41.6 Å². The van der Waals surface area contributed by atoms with Crippen LogP contribution in [0.1, 0.15) is 40.3 Å². The summed E-state index contributed by atoms with van der Waals surface area (Å²) in [4.78, 5) is 8.47. The Kier molecular flexibility index (Phi) is 5.70. The molecule has 0 bridgehead atoms. The molecule has 5 heteroatoms. The maximum Gasteiger partial charge on any atom is 0.225 e. The van der Waals surface area contributed by atoms with Crippen molar-refractivity contribution in [2.75, 3.05) is 0 Å². The summed E-state index contributed by atoms with van der Waals surface area (Å²) in [6.45, 7) is 4.04. The van der Waals surface area contributed by atoms with E-state index in [9.17, 15) is 5.21 Å².